The number of nitrogens with zero attached hydrogens (tertiary/aromatic N) is 1. The van der Waals surface area contributed by atoms with Gasteiger partial charge in [0.25, 0.3) is 5.91 Å². The molecule has 1 fully saturated rings. The standard InChI is InChI=1S/C19H19ClN2O2/c20-14-7-8-17-13(11-14)12-18(24-17)19(23)21-15-5-1-2-6-16(15)22-9-3-4-10-22/h1-2,5-8,11,18H,3-4,9-10,12H2,(H,21,23)/t18-/m1/s1. The average Bonchev–Trinajstić information content (AvgIpc) is 3.24. The first-order valence-electron chi connectivity index (χ1n) is 8.30. The lowest BCUT2D eigenvalue weighted by molar-refractivity contribution is -0.122. The number of amides is 1. The van der Waals surface area contributed by atoms with Crippen molar-refractivity contribution < 1.29 is 9.53 Å². The van der Waals surface area contributed by atoms with Crippen molar-refractivity contribution in [2.24, 2.45) is 0 Å². The highest BCUT2D eigenvalue weighted by Crippen LogP contribution is 2.33. The Hall–Kier alpha value is -2.20. The normalized spacial score (nSPS) is 19.0. The summed E-state index contributed by atoms with van der Waals surface area (Å²) < 4.78 is 5.78. The fourth-order valence-electron chi connectivity index (χ4n) is 3.39. The zero-order valence-electron chi connectivity index (χ0n) is 13.3. The van der Waals surface area contributed by atoms with Crippen molar-refractivity contribution in [3.05, 3.63) is 53.1 Å². The minimum atomic E-state index is -0.509. The van der Waals surface area contributed by atoms with Crippen molar-refractivity contribution >= 4 is 28.9 Å². The van der Waals surface area contributed by atoms with E-state index in [1.165, 1.54) is 12.8 Å². The third kappa shape index (κ3) is 2.94. The molecule has 0 radical (unpaired) electrons. The first-order valence-corrected chi connectivity index (χ1v) is 8.68. The second kappa shape index (κ2) is 6.36. The van der Waals surface area contributed by atoms with Crippen LogP contribution in [0.3, 0.4) is 0 Å². The van der Waals surface area contributed by atoms with Gasteiger partial charge in [-0.05, 0) is 48.7 Å². The van der Waals surface area contributed by atoms with E-state index in [4.69, 9.17) is 16.3 Å². The number of hydrogen-bond acceptors (Lipinski definition) is 3. The molecule has 2 heterocycles. The van der Waals surface area contributed by atoms with Crippen molar-refractivity contribution in [1.82, 2.24) is 0 Å². The van der Waals surface area contributed by atoms with Gasteiger partial charge in [-0.25, -0.2) is 0 Å². The molecule has 1 atom stereocenters. The molecule has 0 bridgehead atoms. The molecule has 5 heteroatoms. The van der Waals surface area contributed by atoms with Gasteiger partial charge in [0, 0.05) is 24.5 Å². The number of carbonyl (C=O) groups excluding carboxylic acids is 1. The molecule has 0 spiro atoms. The molecule has 1 N–H and O–H groups in total. The van der Waals surface area contributed by atoms with E-state index in [2.05, 4.69) is 16.3 Å². The Balaban J connectivity index is 1.49. The van der Waals surface area contributed by atoms with Crippen molar-refractivity contribution in [3.8, 4) is 5.75 Å². The molecule has 0 unspecified atom stereocenters. The Morgan fingerprint density at radius 2 is 1.96 bits per heavy atom. The monoisotopic (exact) mass is 342 g/mol. The largest absolute Gasteiger partial charge is 0.480 e. The zero-order chi connectivity index (χ0) is 16.5. The summed E-state index contributed by atoms with van der Waals surface area (Å²) in [5.74, 6) is 0.626. The Kier molecular flexibility index (Phi) is 4.07. The van der Waals surface area contributed by atoms with E-state index >= 15 is 0 Å². The van der Waals surface area contributed by atoms with E-state index in [1.54, 1.807) is 6.07 Å². The molecule has 2 aliphatic heterocycles. The first kappa shape index (κ1) is 15.3. The maximum atomic E-state index is 12.6. The van der Waals surface area contributed by atoms with Crippen molar-refractivity contribution in [3.63, 3.8) is 0 Å². The summed E-state index contributed by atoms with van der Waals surface area (Å²) in [6.45, 7) is 2.08. The van der Waals surface area contributed by atoms with Gasteiger partial charge in [0.05, 0.1) is 11.4 Å². The average molecular weight is 343 g/mol. The summed E-state index contributed by atoms with van der Waals surface area (Å²) in [7, 11) is 0. The van der Waals surface area contributed by atoms with Crippen molar-refractivity contribution in [2.45, 2.75) is 25.4 Å². The second-order valence-electron chi connectivity index (χ2n) is 6.26. The molecule has 0 saturated carbocycles. The highest BCUT2D eigenvalue weighted by Gasteiger charge is 2.30. The molecule has 2 aromatic carbocycles. The maximum absolute atomic E-state index is 12.6. The van der Waals surface area contributed by atoms with Crippen LogP contribution in [-0.2, 0) is 11.2 Å². The molecule has 1 amide bonds. The summed E-state index contributed by atoms with van der Waals surface area (Å²) >= 11 is 6.01. The van der Waals surface area contributed by atoms with Crippen LogP contribution in [0.1, 0.15) is 18.4 Å². The number of benzene rings is 2. The summed E-state index contributed by atoms with van der Waals surface area (Å²) in [6.07, 6.45) is 2.44. The van der Waals surface area contributed by atoms with Crippen LogP contribution in [0, 0.1) is 0 Å². The SMILES string of the molecule is O=C(Nc1ccccc1N1CCCC1)[C@H]1Cc2cc(Cl)ccc2O1. The van der Waals surface area contributed by atoms with Gasteiger partial charge in [0.15, 0.2) is 6.10 Å². The number of nitrogens with one attached hydrogen (secondary N) is 1. The maximum Gasteiger partial charge on any atom is 0.265 e. The highest BCUT2D eigenvalue weighted by atomic mass is 35.5. The van der Waals surface area contributed by atoms with Crippen LogP contribution in [0.4, 0.5) is 11.4 Å². The smallest absolute Gasteiger partial charge is 0.265 e. The Bertz CT molecular complexity index is 772. The predicted octanol–water partition coefficient (Wildman–Crippen LogP) is 3.88. The first-order chi connectivity index (χ1) is 11.7. The summed E-state index contributed by atoms with van der Waals surface area (Å²) in [4.78, 5) is 15.0. The van der Waals surface area contributed by atoms with Crippen LogP contribution in [0.15, 0.2) is 42.5 Å². The number of anilines is 2. The third-order valence-corrected chi connectivity index (χ3v) is 4.83. The van der Waals surface area contributed by atoms with E-state index in [0.717, 1.165) is 35.8 Å². The van der Waals surface area contributed by atoms with Crippen LogP contribution in [0.25, 0.3) is 0 Å². The van der Waals surface area contributed by atoms with E-state index < -0.39 is 6.10 Å². The van der Waals surface area contributed by atoms with E-state index in [-0.39, 0.29) is 5.91 Å². The molecule has 1 saturated heterocycles. The molecule has 124 valence electrons. The van der Waals surface area contributed by atoms with Crippen LogP contribution in [0.5, 0.6) is 5.75 Å². The van der Waals surface area contributed by atoms with Gasteiger partial charge >= 0.3 is 0 Å². The van der Waals surface area contributed by atoms with Gasteiger partial charge < -0.3 is 15.0 Å². The minimum absolute atomic E-state index is 0.117. The quantitative estimate of drug-likeness (QED) is 0.920. The summed E-state index contributed by atoms with van der Waals surface area (Å²) in [5, 5.41) is 3.70. The molecule has 4 nitrogen and oxygen atoms in total. The lowest BCUT2D eigenvalue weighted by Crippen LogP contribution is -2.32. The van der Waals surface area contributed by atoms with Crippen molar-refractivity contribution in [1.29, 1.82) is 0 Å². The topological polar surface area (TPSA) is 41.6 Å². The zero-order valence-corrected chi connectivity index (χ0v) is 14.1. The molecule has 0 aromatic heterocycles. The Morgan fingerprint density at radius 1 is 1.17 bits per heavy atom. The fraction of sp³-hybridized carbons (Fsp3) is 0.316. The molecule has 0 aliphatic carbocycles. The lowest BCUT2D eigenvalue weighted by atomic mass is 10.1. The Labute approximate surface area is 146 Å². The molecule has 2 aliphatic rings. The highest BCUT2D eigenvalue weighted by molar-refractivity contribution is 6.30. The van der Waals surface area contributed by atoms with Gasteiger partial charge in [-0.3, -0.25) is 4.79 Å². The van der Waals surface area contributed by atoms with Gasteiger partial charge in [-0.1, -0.05) is 23.7 Å². The van der Waals surface area contributed by atoms with Crippen LogP contribution in [-0.4, -0.2) is 25.1 Å². The molecular formula is C19H19ClN2O2. The summed E-state index contributed by atoms with van der Waals surface area (Å²) in [5.41, 5.74) is 2.92. The third-order valence-electron chi connectivity index (χ3n) is 4.60. The lowest BCUT2D eigenvalue weighted by Gasteiger charge is -2.22. The van der Waals surface area contributed by atoms with Gasteiger partial charge in [-0.15, -0.1) is 0 Å². The number of carbonyl (C=O) groups is 1. The van der Waals surface area contributed by atoms with Crippen LogP contribution in [0.2, 0.25) is 5.02 Å². The predicted molar refractivity (Wildman–Crippen MR) is 96.1 cm³/mol. The Morgan fingerprint density at radius 3 is 2.79 bits per heavy atom. The number of hydrogen-bond donors (Lipinski definition) is 1. The minimum Gasteiger partial charge on any atom is -0.480 e. The van der Waals surface area contributed by atoms with Crippen LogP contribution < -0.4 is 15.0 Å². The number of fused-ring (bicyclic) bond motifs is 1. The number of halogens is 1. The fourth-order valence-corrected chi connectivity index (χ4v) is 3.58. The second-order valence-corrected chi connectivity index (χ2v) is 6.70. The number of rotatable bonds is 3. The van der Waals surface area contributed by atoms with Crippen molar-refractivity contribution in [2.75, 3.05) is 23.3 Å². The molecule has 2 aromatic rings. The van der Waals surface area contributed by atoms with E-state index in [9.17, 15) is 4.79 Å². The summed E-state index contributed by atoms with van der Waals surface area (Å²) in [6, 6.07) is 13.4. The molecular weight excluding hydrogens is 324 g/mol. The number of ether oxygens (including phenoxy) is 1. The van der Waals surface area contributed by atoms with E-state index in [1.807, 2.05) is 30.3 Å². The number of para-hydroxylation sites is 2. The van der Waals surface area contributed by atoms with Gasteiger partial charge in [0.1, 0.15) is 5.75 Å². The molecule has 4 rings (SSSR count). The molecule has 24 heavy (non-hydrogen) atoms. The van der Waals surface area contributed by atoms with Crippen LogP contribution >= 0.6 is 11.6 Å². The van der Waals surface area contributed by atoms with Gasteiger partial charge in [0.2, 0.25) is 0 Å². The van der Waals surface area contributed by atoms with E-state index in [0.29, 0.717) is 11.4 Å². The van der Waals surface area contributed by atoms with Gasteiger partial charge in [-0.2, -0.15) is 0 Å².